The summed E-state index contributed by atoms with van der Waals surface area (Å²) in [6, 6.07) is 1.56. The zero-order chi connectivity index (χ0) is 16.2. The minimum absolute atomic E-state index is 0.107. The lowest BCUT2D eigenvalue weighted by Gasteiger charge is -2.35. The highest BCUT2D eigenvalue weighted by Crippen LogP contribution is 2.18. The van der Waals surface area contributed by atoms with E-state index in [2.05, 4.69) is 24.8 Å². The molecule has 0 radical (unpaired) electrons. The number of hydrogen-bond donors (Lipinski definition) is 0. The van der Waals surface area contributed by atoms with Crippen LogP contribution >= 0.6 is 0 Å². The standard InChI is InChI=1S/C15H18N6O2/c1-11-8-16-9-19-14(11)20-3-5-21(6-4-20)15(22)12-7-13(23-2)18-10-17-12/h7-10H,3-6H2,1-2H3. The Hall–Kier alpha value is -2.77. The van der Waals surface area contributed by atoms with E-state index < -0.39 is 0 Å². The highest BCUT2D eigenvalue weighted by atomic mass is 16.5. The molecule has 120 valence electrons. The minimum atomic E-state index is -0.107. The largest absolute Gasteiger partial charge is 0.481 e. The van der Waals surface area contributed by atoms with Crippen molar-refractivity contribution in [2.45, 2.75) is 6.92 Å². The molecule has 3 heterocycles. The summed E-state index contributed by atoms with van der Waals surface area (Å²) in [5.74, 6) is 1.21. The van der Waals surface area contributed by atoms with Crippen molar-refractivity contribution < 1.29 is 9.53 Å². The first-order chi connectivity index (χ1) is 11.2. The van der Waals surface area contributed by atoms with E-state index >= 15 is 0 Å². The van der Waals surface area contributed by atoms with Gasteiger partial charge in [-0.1, -0.05) is 0 Å². The van der Waals surface area contributed by atoms with Gasteiger partial charge in [0.15, 0.2) is 0 Å². The van der Waals surface area contributed by atoms with Crippen LogP contribution in [0.25, 0.3) is 0 Å². The van der Waals surface area contributed by atoms with Crippen LogP contribution in [0, 0.1) is 6.92 Å². The molecule has 0 atom stereocenters. The SMILES string of the molecule is COc1cc(C(=O)N2CCN(c3ncncc3C)CC2)ncn1. The number of rotatable bonds is 3. The van der Waals surface area contributed by atoms with Gasteiger partial charge in [-0.15, -0.1) is 0 Å². The quantitative estimate of drug-likeness (QED) is 0.817. The van der Waals surface area contributed by atoms with Crippen LogP contribution < -0.4 is 9.64 Å². The molecule has 1 aliphatic heterocycles. The summed E-state index contributed by atoms with van der Waals surface area (Å²) in [4.78, 5) is 32.8. The van der Waals surface area contributed by atoms with E-state index in [1.54, 1.807) is 23.5 Å². The smallest absolute Gasteiger partial charge is 0.272 e. The second kappa shape index (κ2) is 6.55. The van der Waals surface area contributed by atoms with Gasteiger partial charge in [-0.25, -0.2) is 19.9 Å². The molecule has 0 N–H and O–H groups in total. The zero-order valence-corrected chi connectivity index (χ0v) is 13.1. The molecule has 8 nitrogen and oxygen atoms in total. The van der Waals surface area contributed by atoms with Gasteiger partial charge in [0.1, 0.15) is 24.2 Å². The number of aromatic nitrogens is 4. The highest BCUT2D eigenvalue weighted by molar-refractivity contribution is 5.92. The van der Waals surface area contributed by atoms with E-state index in [1.807, 2.05) is 6.92 Å². The lowest BCUT2D eigenvalue weighted by molar-refractivity contribution is 0.0740. The van der Waals surface area contributed by atoms with Gasteiger partial charge in [0.25, 0.3) is 5.91 Å². The van der Waals surface area contributed by atoms with Gasteiger partial charge in [-0.2, -0.15) is 0 Å². The van der Waals surface area contributed by atoms with E-state index in [4.69, 9.17) is 4.74 Å². The summed E-state index contributed by atoms with van der Waals surface area (Å²) in [5, 5.41) is 0. The highest BCUT2D eigenvalue weighted by Gasteiger charge is 2.24. The van der Waals surface area contributed by atoms with Crippen LogP contribution in [0.3, 0.4) is 0 Å². The fourth-order valence-electron chi connectivity index (χ4n) is 2.58. The van der Waals surface area contributed by atoms with Crippen LogP contribution in [-0.4, -0.2) is 64.0 Å². The molecule has 2 aromatic heterocycles. The number of carbonyl (C=O) groups excluding carboxylic acids is 1. The average Bonchev–Trinajstić information content (AvgIpc) is 2.62. The molecule has 1 fully saturated rings. The molecule has 0 spiro atoms. The minimum Gasteiger partial charge on any atom is -0.481 e. The van der Waals surface area contributed by atoms with Crippen molar-refractivity contribution in [3.05, 3.63) is 36.2 Å². The monoisotopic (exact) mass is 314 g/mol. The lowest BCUT2D eigenvalue weighted by Crippen LogP contribution is -2.49. The maximum Gasteiger partial charge on any atom is 0.272 e. The van der Waals surface area contributed by atoms with Gasteiger partial charge < -0.3 is 14.5 Å². The molecule has 23 heavy (non-hydrogen) atoms. The van der Waals surface area contributed by atoms with Crippen molar-refractivity contribution in [1.82, 2.24) is 24.8 Å². The summed E-state index contributed by atoms with van der Waals surface area (Å²) in [7, 11) is 1.51. The predicted octanol–water partition coefficient (Wildman–Crippen LogP) is 0.546. The maximum atomic E-state index is 12.5. The predicted molar refractivity (Wildman–Crippen MR) is 83.5 cm³/mol. The maximum absolute atomic E-state index is 12.5. The van der Waals surface area contributed by atoms with Crippen molar-refractivity contribution in [2.75, 3.05) is 38.2 Å². The number of hydrogen-bond acceptors (Lipinski definition) is 7. The van der Waals surface area contributed by atoms with Crippen LogP contribution in [-0.2, 0) is 0 Å². The number of piperazine rings is 1. The molecule has 0 aliphatic carbocycles. The molecule has 8 heteroatoms. The molecule has 1 saturated heterocycles. The fourth-order valence-corrected chi connectivity index (χ4v) is 2.58. The van der Waals surface area contributed by atoms with Crippen LogP contribution in [0.5, 0.6) is 5.88 Å². The topological polar surface area (TPSA) is 84.3 Å². The van der Waals surface area contributed by atoms with Gasteiger partial charge in [0, 0.05) is 44.0 Å². The molecule has 2 aromatic rings. The van der Waals surface area contributed by atoms with E-state index in [0.717, 1.165) is 24.5 Å². The van der Waals surface area contributed by atoms with Crippen molar-refractivity contribution in [3.63, 3.8) is 0 Å². The van der Waals surface area contributed by atoms with Crippen molar-refractivity contribution in [3.8, 4) is 5.88 Å². The molecule has 0 unspecified atom stereocenters. The zero-order valence-electron chi connectivity index (χ0n) is 13.1. The first-order valence-corrected chi connectivity index (χ1v) is 7.36. The van der Waals surface area contributed by atoms with Crippen molar-refractivity contribution in [2.24, 2.45) is 0 Å². The number of nitrogens with zero attached hydrogens (tertiary/aromatic N) is 6. The summed E-state index contributed by atoms with van der Waals surface area (Å²) in [6.07, 6.45) is 4.69. The van der Waals surface area contributed by atoms with Crippen molar-refractivity contribution >= 4 is 11.7 Å². The fraction of sp³-hybridized carbons (Fsp3) is 0.400. The third-order valence-electron chi connectivity index (χ3n) is 3.80. The molecule has 1 aliphatic rings. The summed E-state index contributed by atoms with van der Waals surface area (Å²) in [5.41, 5.74) is 1.39. The number of carbonyl (C=O) groups is 1. The van der Waals surface area contributed by atoms with E-state index in [9.17, 15) is 4.79 Å². The summed E-state index contributed by atoms with van der Waals surface area (Å²) < 4.78 is 5.04. The molecule has 0 bridgehead atoms. The van der Waals surface area contributed by atoms with Gasteiger partial charge in [0.2, 0.25) is 5.88 Å². The third-order valence-corrected chi connectivity index (χ3v) is 3.80. The second-order valence-electron chi connectivity index (χ2n) is 5.25. The van der Waals surface area contributed by atoms with Gasteiger partial charge in [-0.05, 0) is 6.92 Å². The molecule has 0 aromatic carbocycles. The van der Waals surface area contributed by atoms with Gasteiger partial charge in [-0.3, -0.25) is 4.79 Å². The number of aryl methyl sites for hydroxylation is 1. The Morgan fingerprint density at radius 1 is 1.13 bits per heavy atom. The van der Waals surface area contributed by atoms with Crippen LogP contribution in [0.1, 0.15) is 16.1 Å². The first kappa shape index (κ1) is 15.1. The Morgan fingerprint density at radius 3 is 2.61 bits per heavy atom. The number of ether oxygens (including phenoxy) is 1. The summed E-state index contributed by atoms with van der Waals surface area (Å²) >= 11 is 0. The number of anilines is 1. The Morgan fingerprint density at radius 2 is 1.91 bits per heavy atom. The molecule has 3 rings (SSSR count). The third kappa shape index (κ3) is 3.20. The lowest BCUT2D eigenvalue weighted by atomic mass is 10.2. The van der Waals surface area contributed by atoms with Crippen molar-refractivity contribution in [1.29, 1.82) is 0 Å². The first-order valence-electron chi connectivity index (χ1n) is 7.36. The molecule has 1 amide bonds. The Kier molecular flexibility index (Phi) is 4.31. The van der Waals surface area contributed by atoms with E-state index in [-0.39, 0.29) is 5.91 Å². The number of methoxy groups -OCH3 is 1. The molecular weight excluding hydrogens is 296 g/mol. The Labute approximate surface area is 134 Å². The van der Waals surface area contributed by atoms with E-state index in [0.29, 0.717) is 24.7 Å². The molecular formula is C15H18N6O2. The Balaban J connectivity index is 1.66. The van der Waals surface area contributed by atoms with Crippen LogP contribution in [0.2, 0.25) is 0 Å². The normalized spacial score (nSPS) is 14.7. The van der Waals surface area contributed by atoms with Crippen LogP contribution in [0.4, 0.5) is 5.82 Å². The Bertz CT molecular complexity index is 700. The van der Waals surface area contributed by atoms with E-state index in [1.165, 1.54) is 13.4 Å². The second-order valence-corrected chi connectivity index (χ2v) is 5.25. The average molecular weight is 314 g/mol. The van der Waals surface area contributed by atoms with Gasteiger partial charge in [0.05, 0.1) is 7.11 Å². The summed E-state index contributed by atoms with van der Waals surface area (Å²) in [6.45, 7) is 4.68. The van der Waals surface area contributed by atoms with Gasteiger partial charge >= 0.3 is 0 Å². The number of amides is 1. The van der Waals surface area contributed by atoms with Crippen LogP contribution in [0.15, 0.2) is 24.9 Å². The molecule has 0 saturated carbocycles.